The van der Waals surface area contributed by atoms with E-state index in [9.17, 15) is 14.0 Å². The van der Waals surface area contributed by atoms with Gasteiger partial charge in [-0.25, -0.2) is 4.39 Å². The number of carbonyl (C=O) groups is 2. The minimum absolute atomic E-state index is 0.0600. The number of halogens is 2. The van der Waals surface area contributed by atoms with Crippen molar-refractivity contribution in [1.82, 2.24) is 0 Å². The molecule has 2 atom stereocenters. The summed E-state index contributed by atoms with van der Waals surface area (Å²) in [6, 6.07) is 10.9. The van der Waals surface area contributed by atoms with Crippen LogP contribution in [0.15, 0.2) is 42.5 Å². The number of para-hydroxylation sites is 1. The molecule has 2 aromatic carbocycles. The van der Waals surface area contributed by atoms with Crippen molar-refractivity contribution in [2.45, 2.75) is 25.3 Å². The van der Waals surface area contributed by atoms with Crippen molar-refractivity contribution in [3.63, 3.8) is 0 Å². The molecule has 0 aromatic heterocycles. The minimum atomic E-state index is -0.669. The third-order valence-corrected chi connectivity index (χ3v) is 4.79. The zero-order valence-corrected chi connectivity index (χ0v) is 14.6. The summed E-state index contributed by atoms with van der Waals surface area (Å²) in [5, 5.41) is 0.0600. The Morgan fingerprint density at radius 2 is 1.92 bits per heavy atom. The van der Waals surface area contributed by atoms with E-state index in [0.717, 1.165) is 0 Å². The number of anilines is 1. The number of amides is 1. The lowest BCUT2D eigenvalue weighted by molar-refractivity contribution is -0.142. The van der Waals surface area contributed by atoms with E-state index in [1.165, 1.54) is 30.2 Å². The average molecular weight is 362 g/mol. The molecular weight excluding hydrogens is 345 g/mol. The number of carbonyl (C=O) groups excluding carboxylic acids is 2. The standard InChI is InChI=1S/C19H17ClFNO3/c1-11-10-13(19(24)25-2)12-6-3-4-9-16(12)22(11)18(23)17-14(20)7-5-8-15(17)21/h3-9,11,13H,10H2,1-2H3. The highest BCUT2D eigenvalue weighted by atomic mass is 35.5. The van der Waals surface area contributed by atoms with Gasteiger partial charge in [0.1, 0.15) is 5.82 Å². The lowest BCUT2D eigenvalue weighted by Crippen LogP contribution is -2.45. The number of methoxy groups -OCH3 is 1. The number of hydrogen-bond donors (Lipinski definition) is 0. The number of benzene rings is 2. The van der Waals surface area contributed by atoms with E-state index in [4.69, 9.17) is 16.3 Å². The molecule has 25 heavy (non-hydrogen) atoms. The van der Waals surface area contributed by atoms with Crippen molar-refractivity contribution < 1.29 is 18.7 Å². The predicted molar refractivity (Wildman–Crippen MR) is 93.5 cm³/mol. The Kier molecular flexibility index (Phi) is 4.77. The van der Waals surface area contributed by atoms with Crippen LogP contribution < -0.4 is 4.90 Å². The van der Waals surface area contributed by atoms with Crippen LogP contribution in [0.2, 0.25) is 5.02 Å². The van der Waals surface area contributed by atoms with E-state index in [-0.39, 0.29) is 22.6 Å². The van der Waals surface area contributed by atoms with Gasteiger partial charge in [-0.2, -0.15) is 0 Å². The fourth-order valence-electron chi connectivity index (χ4n) is 3.31. The topological polar surface area (TPSA) is 46.6 Å². The zero-order valence-electron chi connectivity index (χ0n) is 13.8. The normalized spacial score (nSPS) is 19.3. The predicted octanol–water partition coefficient (Wildman–Crippen LogP) is 4.17. The molecule has 0 saturated carbocycles. The molecule has 3 rings (SSSR count). The lowest BCUT2D eigenvalue weighted by atomic mass is 9.85. The molecule has 1 aliphatic rings. The van der Waals surface area contributed by atoms with Crippen LogP contribution in [0.3, 0.4) is 0 Å². The van der Waals surface area contributed by atoms with Crippen LogP contribution in [-0.4, -0.2) is 25.0 Å². The van der Waals surface area contributed by atoms with Gasteiger partial charge in [-0.05, 0) is 37.1 Å². The van der Waals surface area contributed by atoms with Crippen LogP contribution in [0, 0.1) is 5.82 Å². The van der Waals surface area contributed by atoms with Gasteiger partial charge in [0, 0.05) is 11.7 Å². The Hall–Kier alpha value is -2.40. The van der Waals surface area contributed by atoms with Gasteiger partial charge in [0.2, 0.25) is 0 Å². The van der Waals surface area contributed by atoms with E-state index >= 15 is 0 Å². The lowest BCUT2D eigenvalue weighted by Gasteiger charge is -2.38. The van der Waals surface area contributed by atoms with Crippen molar-refractivity contribution in [2.24, 2.45) is 0 Å². The second-order valence-corrected chi connectivity index (χ2v) is 6.40. The number of fused-ring (bicyclic) bond motifs is 1. The van der Waals surface area contributed by atoms with Crippen LogP contribution in [0.25, 0.3) is 0 Å². The van der Waals surface area contributed by atoms with Crippen LogP contribution >= 0.6 is 11.6 Å². The highest BCUT2D eigenvalue weighted by Crippen LogP contribution is 2.40. The van der Waals surface area contributed by atoms with E-state index in [1.54, 1.807) is 24.3 Å². The van der Waals surface area contributed by atoms with E-state index < -0.39 is 17.6 Å². The molecule has 1 amide bonds. The SMILES string of the molecule is COC(=O)C1CC(C)N(C(=O)c2c(F)cccc2Cl)c2ccccc21. The molecule has 2 aromatic rings. The largest absolute Gasteiger partial charge is 0.469 e. The Morgan fingerprint density at radius 3 is 2.60 bits per heavy atom. The summed E-state index contributed by atoms with van der Waals surface area (Å²) in [5.74, 6) is -2.00. The maximum Gasteiger partial charge on any atom is 0.313 e. The van der Waals surface area contributed by atoms with Gasteiger partial charge < -0.3 is 9.64 Å². The monoisotopic (exact) mass is 361 g/mol. The summed E-state index contributed by atoms with van der Waals surface area (Å²) in [5.41, 5.74) is 1.09. The number of nitrogens with zero attached hydrogens (tertiary/aromatic N) is 1. The van der Waals surface area contributed by atoms with Crippen molar-refractivity contribution in [1.29, 1.82) is 0 Å². The van der Waals surface area contributed by atoms with Gasteiger partial charge in [-0.15, -0.1) is 0 Å². The van der Waals surface area contributed by atoms with Crippen molar-refractivity contribution in [2.75, 3.05) is 12.0 Å². The van der Waals surface area contributed by atoms with E-state index in [0.29, 0.717) is 17.7 Å². The van der Waals surface area contributed by atoms with Gasteiger partial charge in [0.25, 0.3) is 5.91 Å². The van der Waals surface area contributed by atoms with Crippen LogP contribution in [-0.2, 0) is 9.53 Å². The Balaban J connectivity index is 2.10. The molecule has 0 N–H and O–H groups in total. The molecule has 0 fully saturated rings. The maximum atomic E-state index is 14.2. The minimum Gasteiger partial charge on any atom is -0.469 e. The number of rotatable bonds is 2. The quantitative estimate of drug-likeness (QED) is 0.754. The van der Waals surface area contributed by atoms with Crippen molar-refractivity contribution in [3.8, 4) is 0 Å². The second kappa shape index (κ2) is 6.84. The first-order valence-electron chi connectivity index (χ1n) is 7.90. The number of ether oxygens (including phenoxy) is 1. The van der Waals surface area contributed by atoms with Gasteiger partial charge in [-0.3, -0.25) is 9.59 Å². The molecule has 6 heteroatoms. The highest BCUT2D eigenvalue weighted by Gasteiger charge is 2.38. The molecular formula is C19H17ClFNO3. The first-order valence-corrected chi connectivity index (χ1v) is 8.27. The Morgan fingerprint density at radius 1 is 1.20 bits per heavy atom. The third-order valence-electron chi connectivity index (χ3n) is 4.47. The van der Waals surface area contributed by atoms with E-state index in [1.807, 2.05) is 6.92 Å². The first-order chi connectivity index (χ1) is 12.0. The molecule has 4 nitrogen and oxygen atoms in total. The fourth-order valence-corrected chi connectivity index (χ4v) is 3.55. The molecule has 0 radical (unpaired) electrons. The highest BCUT2D eigenvalue weighted by molar-refractivity contribution is 6.34. The molecule has 0 bridgehead atoms. The van der Waals surface area contributed by atoms with Gasteiger partial charge >= 0.3 is 5.97 Å². The zero-order chi connectivity index (χ0) is 18.1. The summed E-state index contributed by atoms with van der Waals surface area (Å²) in [4.78, 5) is 26.7. The summed E-state index contributed by atoms with van der Waals surface area (Å²) < 4.78 is 19.1. The van der Waals surface area contributed by atoms with Gasteiger partial charge in [0.05, 0.1) is 23.6 Å². The second-order valence-electron chi connectivity index (χ2n) is 5.99. The molecule has 1 heterocycles. The summed E-state index contributed by atoms with van der Waals surface area (Å²) in [6.07, 6.45) is 0.390. The summed E-state index contributed by atoms with van der Waals surface area (Å²) in [7, 11) is 1.34. The third kappa shape index (κ3) is 3.00. The molecule has 0 saturated heterocycles. The van der Waals surface area contributed by atoms with Crippen LogP contribution in [0.5, 0.6) is 0 Å². The Bertz CT molecular complexity index is 819. The molecule has 1 aliphatic heterocycles. The first kappa shape index (κ1) is 17.4. The number of hydrogen-bond acceptors (Lipinski definition) is 3. The van der Waals surface area contributed by atoms with Crippen LogP contribution in [0.4, 0.5) is 10.1 Å². The molecule has 130 valence electrons. The average Bonchev–Trinajstić information content (AvgIpc) is 2.60. The van der Waals surface area contributed by atoms with Gasteiger partial charge in [0.15, 0.2) is 0 Å². The van der Waals surface area contributed by atoms with E-state index in [2.05, 4.69) is 0 Å². The fraction of sp³-hybridized carbons (Fsp3) is 0.263. The molecule has 0 aliphatic carbocycles. The van der Waals surface area contributed by atoms with Gasteiger partial charge in [-0.1, -0.05) is 35.9 Å². The molecule has 2 unspecified atom stereocenters. The molecule has 0 spiro atoms. The summed E-state index contributed by atoms with van der Waals surface area (Å²) in [6.45, 7) is 1.82. The maximum absolute atomic E-state index is 14.2. The van der Waals surface area contributed by atoms with Crippen molar-refractivity contribution >= 4 is 29.2 Å². The van der Waals surface area contributed by atoms with Crippen molar-refractivity contribution in [3.05, 3.63) is 64.4 Å². The summed E-state index contributed by atoms with van der Waals surface area (Å²) >= 11 is 6.06. The van der Waals surface area contributed by atoms with Crippen LogP contribution in [0.1, 0.15) is 35.2 Å². The Labute approximate surface area is 150 Å². The number of esters is 1. The smallest absolute Gasteiger partial charge is 0.313 e.